The van der Waals surface area contributed by atoms with Crippen LogP contribution in [0.5, 0.6) is 0 Å². The van der Waals surface area contributed by atoms with Crippen molar-refractivity contribution in [3.8, 4) is 11.3 Å². The number of hydrogen-bond acceptors (Lipinski definition) is 4. The molecule has 0 spiro atoms. The maximum Gasteiger partial charge on any atom is 0.338 e. The quantitative estimate of drug-likeness (QED) is 0.500. The molecule has 0 radical (unpaired) electrons. The van der Waals surface area contributed by atoms with E-state index >= 15 is 0 Å². The third kappa shape index (κ3) is 2.60. The van der Waals surface area contributed by atoms with Gasteiger partial charge in [0.05, 0.1) is 21.9 Å². The first-order chi connectivity index (χ1) is 10.4. The molecule has 114 valence electrons. The van der Waals surface area contributed by atoms with Crippen molar-refractivity contribution in [1.29, 1.82) is 0 Å². The number of carboxylic acid groups (broad SMARTS) is 1. The lowest BCUT2D eigenvalue weighted by molar-refractivity contribution is -0.384. The van der Waals surface area contributed by atoms with E-state index < -0.39 is 10.9 Å². The lowest BCUT2D eigenvalue weighted by Gasteiger charge is -2.09. The molecule has 2 N–H and O–H groups in total. The van der Waals surface area contributed by atoms with Crippen molar-refractivity contribution in [2.45, 2.75) is 19.8 Å². The van der Waals surface area contributed by atoms with Crippen LogP contribution >= 0.6 is 0 Å². The van der Waals surface area contributed by atoms with Gasteiger partial charge in [-0.25, -0.2) is 4.79 Å². The van der Waals surface area contributed by atoms with Crippen molar-refractivity contribution in [1.82, 2.24) is 4.98 Å². The number of nitro groups is 1. The number of aldehydes is 1. The smallest absolute Gasteiger partial charge is 0.338 e. The van der Waals surface area contributed by atoms with Gasteiger partial charge in [-0.05, 0) is 29.2 Å². The number of nitrogens with zero attached hydrogens (tertiary/aromatic N) is 1. The standard InChI is InChI=1S/C15H14N2O5/c1-8(2)12-13(15(19)20)11(7-18)16-14(12)9-3-5-10(6-4-9)17(21)22/h3-8,16H,1-2H3,(H,19,20). The van der Waals surface area contributed by atoms with E-state index in [1.165, 1.54) is 24.3 Å². The van der Waals surface area contributed by atoms with Crippen molar-refractivity contribution in [2.75, 3.05) is 0 Å². The molecule has 0 saturated carbocycles. The highest BCUT2D eigenvalue weighted by molar-refractivity contribution is 6.00. The first-order valence-corrected chi connectivity index (χ1v) is 6.56. The number of aromatic carboxylic acids is 1. The molecule has 0 atom stereocenters. The summed E-state index contributed by atoms with van der Waals surface area (Å²) in [5.74, 6) is -1.32. The van der Waals surface area contributed by atoms with Gasteiger partial charge in [0.1, 0.15) is 0 Å². The lowest BCUT2D eigenvalue weighted by atomic mass is 9.94. The minimum atomic E-state index is -1.18. The molecule has 0 bridgehead atoms. The third-order valence-corrected chi connectivity index (χ3v) is 3.34. The highest BCUT2D eigenvalue weighted by atomic mass is 16.6. The van der Waals surface area contributed by atoms with Gasteiger partial charge in [-0.3, -0.25) is 14.9 Å². The van der Waals surface area contributed by atoms with E-state index in [2.05, 4.69) is 4.98 Å². The molecule has 0 fully saturated rings. The average molecular weight is 302 g/mol. The molecule has 0 saturated heterocycles. The van der Waals surface area contributed by atoms with Gasteiger partial charge in [0.15, 0.2) is 6.29 Å². The zero-order valence-corrected chi connectivity index (χ0v) is 12.0. The molecule has 7 heteroatoms. The van der Waals surface area contributed by atoms with Gasteiger partial charge in [-0.15, -0.1) is 0 Å². The molecule has 7 nitrogen and oxygen atoms in total. The normalized spacial score (nSPS) is 10.7. The predicted molar refractivity (Wildman–Crippen MR) is 79.3 cm³/mol. The average Bonchev–Trinajstić information content (AvgIpc) is 2.87. The van der Waals surface area contributed by atoms with Crippen molar-refractivity contribution >= 4 is 17.9 Å². The summed E-state index contributed by atoms with van der Waals surface area (Å²) in [5, 5.41) is 20.0. The largest absolute Gasteiger partial charge is 0.478 e. The zero-order chi connectivity index (χ0) is 16.4. The Balaban J connectivity index is 2.66. The Kier molecular flexibility index (Phi) is 4.07. The summed E-state index contributed by atoms with van der Waals surface area (Å²) in [6, 6.07) is 5.72. The fraction of sp³-hybridized carbons (Fsp3) is 0.200. The molecular formula is C15H14N2O5. The Morgan fingerprint density at radius 2 is 1.91 bits per heavy atom. The van der Waals surface area contributed by atoms with Crippen molar-refractivity contribution < 1.29 is 19.6 Å². The van der Waals surface area contributed by atoms with E-state index in [9.17, 15) is 24.8 Å². The number of aromatic amines is 1. The minimum absolute atomic E-state index is 0.00967. The lowest BCUT2D eigenvalue weighted by Crippen LogP contribution is -2.04. The highest BCUT2D eigenvalue weighted by Crippen LogP contribution is 2.34. The van der Waals surface area contributed by atoms with Gasteiger partial charge in [0, 0.05) is 12.1 Å². The number of carbonyl (C=O) groups excluding carboxylic acids is 1. The van der Waals surface area contributed by atoms with Crippen LogP contribution in [-0.2, 0) is 0 Å². The van der Waals surface area contributed by atoms with E-state index in [4.69, 9.17) is 0 Å². The van der Waals surface area contributed by atoms with Gasteiger partial charge < -0.3 is 10.1 Å². The Hall–Kier alpha value is -2.96. The Morgan fingerprint density at radius 3 is 2.32 bits per heavy atom. The molecule has 0 amide bonds. The molecule has 2 aromatic rings. The number of carboxylic acids is 1. The van der Waals surface area contributed by atoms with Crippen molar-refractivity contribution in [3.63, 3.8) is 0 Å². The molecule has 0 unspecified atom stereocenters. The number of hydrogen-bond donors (Lipinski definition) is 2. The zero-order valence-electron chi connectivity index (χ0n) is 12.0. The van der Waals surface area contributed by atoms with Crippen LogP contribution in [0, 0.1) is 10.1 Å². The number of carbonyl (C=O) groups is 2. The molecule has 0 aliphatic rings. The van der Waals surface area contributed by atoms with Crippen molar-refractivity contribution in [2.24, 2.45) is 0 Å². The van der Waals surface area contributed by atoms with Crippen LogP contribution in [0.25, 0.3) is 11.3 Å². The third-order valence-electron chi connectivity index (χ3n) is 3.34. The fourth-order valence-electron chi connectivity index (χ4n) is 2.41. The molecule has 1 aromatic heterocycles. The molecule has 1 heterocycles. The van der Waals surface area contributed by atoms with E-state index in [1.54, 1.807) is 0 Å². The summed E-state index contributed by atoms with van der Waals surface area (Å²) in [4.78, 5) is 35.5. The van der Waals surface area contributed by atoms with Crippen LogP contribution in [0.15, 0.2) is 24.3 Å². The summed E-state index contributed by atoms with van der Waals surface area (Å²) in [6.45, 7) is 3.64. The second kappa shape index (κ2) is 5.80. The van der Waals surface area contributed by atoms with Crippen LogP contribution < -0.4 is 0 Å². The first kappa shape index (κ1) is 15.4. The Morgan fingerprint density at radius 1 is 1.32 bits per heavy atom. The first-order valence-electron chi connectivity index (χ1n) is 6.56. The highest BCUT2D eigenvalue weighted by Gasteiger charge is 2.25. The van der Waals surface area contributed by atoms with E-state index in [-0.39, 0.29) is 22.9 Å². The summed E-state index contributed by atoms with van der Waals surface area (Å²) in [6.07, 6.45) is 0.463. The Labute approximate surface area is 125 Å². The summed E-state index contributed by atoms with van der Waals surface area (Å²) in [5.41, 5.74) is 1.45. The number of aromatic nitrogens is 1. The van der Waals surface area contributed by atoms with Crippen LogP contribution in [-0.4, -0.2) is 27.3 Å². The van der Waals surface area contributed by atoms with E-state index in [1.807, 2.05) is 13.8 Å². The molecule has 0 aliphatic heterocycles. The number of nitrogens with one attached hydrogen (secondary N) is 1. The number of benzene rings is 1. The SMILES string of the molecule is CC(C)c1c(-c2ccc([N+](=O)[O-])cc2)[nH]c(C=O)c1C(=O)O. The maximum absolute atomic E-state index is 11.4. The van der Waals surface area contributed by atoms with Crippen LogP contribution in [0.4, 0.5) is 5.69 Å². The van der Waals surface area contributed by atoms with Crippen LogP contribution in [0.2, 0.25) is 0 Å². The van der Waals surface area contributed by atoms with Gasteiger partial charge >= 0.3 is 5.97 Å². The van der Waals surface area contributed by atoms with Gasteiger partial charge in [0.25, 0.3) is 5.69 Å². The van der Waals surface area contributed by atoms with Crippen LogP contribution in [0.3, 0.4) is 0 Å². The van der Waals surface area contributed by atoms with Gasteiger partial charge in [-0.1, -0.05) is 13.8 Å². The summed E-state index contributed by atoms with van der Waals surface area (Å²) < 4.78 is 0. The Bertz CT molecular complexity index is 744. The monoisotopic (exact) mass is 302 g/mol. The molecule has 1 aromatic carbocycles. The van der Waals surface area contributed by atoms with E-state index in [0.717, 1.165) is 0 Å². The predicted octanol–water partition coefficient (Wildman–Crippen LogP) is 3.22. The van der Waals surface area contributed by atoms with Gasteiger partial charge in [0.2, 0.25) is 0 Å². The summed E-state index contributed by atoms with van der Waals surface area (Å²) >= 11 is 0. The molecule has 0 aliphatic carbocycles. The second-order valence-corrected chi connectivity index (χ2v) is 5.08. The van der Waals surface area contributed by atoms with Gasteiger partial charge in [-0.2, -0.15) is 0 Å². The fourth-order valence-corrected chi connectivity index (χ4v) is 2.41. The van der Waals surface area contributed by atoms with E-state index in [0.29, 0.717) is 23.1 Å². The second-order valence-electron chi connectivity index (χ2n) is 5.08. The van der Waals surface area contributed by atoms with Crippen molar-refractivity contribution in [3.05, 3.63) is 51.2 Å². The number of nitro benzene ring substituents is 1. The topological polar surface area (TPSA) is 113 Å². The summed E-state index contributed by atoms with van der Waals surface area (Å²) in [7, 11) is 0. The number of rotatable bonds is 5. The molecule has 2 rings (SSSR count). The molecule has 22 heavy (non-hydrogen) atoms. The maximum atomic E-state index is 11.4. The minimum Gasteiger partial charge on any atom is -0.478 e. The number of H-pyrrole nitrogens is 1. The molecular weight excluding hydrogens is 288 g/mol. The van der Waals surface area contributed by atoms with Crippen LogP contribution in [0.1, 0.15) is 46.2 Å². The number of non-ortho nitro benzene ring substituents is 1.